The number of carbonyl (C=O) groups excluding carboxylic acids is 1. The molecule has 2 amide bonds. The lowest BCUT2D eigenvalue weighted by molar-refractivity contribution is 0.240. The van der Waals surface area contributed by atoms with Crippen LogP contribution in [0.1, 0.15) is 72.6 Å². The molecule has 0 aliphatic heterocycles. The monoisotopic (exact) mass is 256 g/mol. The van der Waals surface area contributed by atoms with Crippen LogP contribution in [0.4, 0.5) is 4.79 Å². The topological polar surface area (TPSA) is 41.1 Å². The lowest BCUT2D eigenvalue weighted by atomic mass is 9.89. The average Bonchev–Trinajstić information content (AvgIpc) is 2.28. The fourth-order valence-electron chi connectivity index (χ4n) is 1.80. The highest BCUT2D eigenvalue weighted by Gasteiger charge is 2.08. The number of carbonyl (C=O) groups is 1. The van der Waals surface area contributed by atoms with E-state index in [2.05, 4.69) is 38.3 Å². The first-order chi connectivity index (χ1) is 8.45. The average molecular weight is 256 g/mol. The van der Waals surface area contributed by atoms with Gasteiger partial charge in [0.15, 0.2) is 0 Å². The second kappa shape index (κ2) is 10.2. The Hall–Kier alpha value is -0.730. The Morgan fingerprint density at radius 1 is 0.889 bits per heavy atom. The van der Waals surface area contributed by atoms with Crippen LogP contribution in [0.2, 0.25) is 0 Å². The molecule has 18 heavy (non-hydrogen) atoms. The van der Waals surface area contributed by atoms with Crippen molar-refractivity contribution in [2.45, 2.75) is 72.6 Å². The highest BCUT2D eigenvalue weighted by Crippen LogP contribution is 2.21. The molecule has 0 bridgehead atoms. The predicted octanol–water partition coefficient (Wildman–Crippen LogP) is 4.08. The van der Waals surface area contributed by atoms with Gasteiger partial charge >= 0.3 is 6.03 Å². The molecule has 2 N–H and O–H groups in total. The molecule has 3 nitrogen and oxygen atoms in total. The van der Waals surface area contributed by atoms with Crippen molar-refractivity contribution >= 4 is 6.03 Å². The summed E-state index contributed by atoms with van der Waals surface area (Å²) in [5, 5.41) is 5.79. The van der Waals surface area contributed by atoms with Gasteiger partial charge in [-0.1, -0.05) is 53.4 Å². The summed E-state index contributed by atoms with van der Waals surface area (Å²) in [6.45, 7) is 10.6. The van der Waals surface area contributed by atoms with E-state index in [-0.39, 0.29) is 6.03 Å². The second-order valence-corrected chi connectivity index (χ2v) is 6.26. The molecule has 0 aromatic rings. The van der Waals surface area contributed by atoms with Crippen LogP contribution >= 0.6 is 0 Å². The smallest absolute Gasteiger partial charge is 0.314 e. The molecule has 0 aromatic carbocycles. The van der Waals surface area contributed by atoms with Gasteiger partial charge in [0.1, 0.15) is 0 Å². The molecule has 0 fully saturated rings. The van der Waals surface area contributed by atoms with Crippen LogP contribution in [0.5, 0.6) is 0 Å². The Balaban J connectivity index is 3.25. The fraction of sp³-hybridized carbons (Fsp3) is 0.933. The van der Waals surface area contributed by atoms with E-state index >= 15 is 0 Å². The number of hydrogen-bond acceptors (Lipinski definition) is 1. The zero-order chi connectivity index (χ0) is 13.9. The van der Waals surface area contributed by atoms with Gasteiger partial charge in [-0.3, -0.25) is 0 Å². The second-order valence-electron chi connectivity index (χ2n) is 6.26. The van der Waals surface area contributed by atoms with E-state index in [0.717, 1.165) is 25.9 Å². The zero-order valence-corrected chi connectivity index (χ0v) is 12.8. The SMILES string of the molecule is CCCCCNC(=O)NCCCCCC(C)(C)C. The van der Waals surface area contributed by atoms with Crippen molar-refractivity contribution < 1.29 is 4.79 Å². The summed E-state index contributed by atoms with van der Waals surface area (Å²) < 4.78 is 0. The maximum Gasteiger partial charge on any atom is 0.314 e. The van der Waals surface area contributed by atoms with Crippen molar-refractivity contribution in [3.8, 4) is 0 Å². The van der Waals surface area contributed by atoms with Crippen LogP contribution in [0, 0.1) is 5.41 Å². The Bertz CT molecular complexity index is 209. The molecule has 0 aliphatic carbocycles. The van der Waals surface area contributed by atoms with E-state index in [1.807, 2.05) is 0 Å². The van der Waals surface area contributed by atoms with Crippen molar-refractivity contribution in [1.29, 1.82) is 0 Å². The number of hydrogen-bond donors (Lipinski definition) is 2. The molecule has 0 aliphatic rings. The lowest BCUT2D eigenvalue weighted by Gasteiger charge is -2.17. The Kier molecular flexibility index (Phi) is 9.80. The molecule has 0 unspecified atom stereocenters. The highest BCUT2D eigenvalue weighted by atomic mass is 16.2. The first kappa shape index (κ1) is 17.3. The third kappa shape index (κ3) is 13.3. The molecule has 0 atom stereocenters. The summed E-state index contributed by atoms with van der Waals surface area (Å²) in [7, 11) is 0. The molecule has 0 heterocycles. The molecule has 0 saturated carbocycles. The summed E-state index contributed by atoms with van der Waals surface area (Å²) in [4.78, 5) is 11.4. The minimum absolute atomic E-state index is 0.0121. The van der Waals surface area contributed by atoms with Gasteiger partial charge in [-0.05, 0) is 24.7 Å². The van der Waals surface area contributed by atoms with Gasteiger partial charge in [-0.25, -0.2) is 4.79 Å². The molecule has 0 saturated heterocycles. The van der Waals surface area contributed by atoms with Gasteiger partial charge < -0.3 is 10.6 Å². The van der Waals surface area contributed by atoms with E-state index in [9.17, 15) is 4.79 Å². The molecule has 0 aromatic heterocycles. The zero-order valence-electron chi connectivity index (χ0n) is 12.8. The van der Waals surface area contributed by atoms with Crippen molar-refractivity contribution in [3.63, 3.8) is 0 Å². The van der Waals surface area contributed by atoms with Gasteiger partial charge in [0.2, 0.25) is 0 Å². The summed E-state index contributed by atoms with van der Waals surface area (Å²) in [6, 6.07) is -0.0121. The number of urea groups is 1. The van der Waals surface area contributed by atoms with Crippen LogP contribution in [-0.4, -0.2) is 19.1 Å². The molecule has 0 rings (SSSR count). The van der Waals surface area contributed by atoms with Crippen LogP contribution in [0.3, 0.4) is 0 Å². The van der Waals surface area contributed by atoms with Crippen LogP contribution < -0.4 is 10.6 Å². The third-order valence-corrected chi connectivity index (χ3v) is 2.95. The van der Waals surface area contributed by atoms with Gasteiger partial charge in [-0.2, -0.15) is 0 Å². The van der Waals surface area contributed by atoms with Crippen LogP contribution in [0.25, 0.3) is 0 Å². The molecular formula is C15H32N2O. The summed E-state index contributed by atoms with van der Waals surface area (Å²) >= 11 is 0. The van der Waals surface area contributed by atoms with E-state index in [1.165, 1.54) is 32.1 Å². The fourth-order valence-corrected chi connectivity index (χ4v) is 1.80. The van der Waals surface area contributed by atoms with Gasteiger partial charge in [-0.15, -0.1) is 0 Å². The Labute approximate surface area is 113 Å². The van der Waals surface area contributed by atoms with E-state index < -0.39 is 0 Å². The maximum absolute atomic E-state index is 11.4. The van der Waals surface area contributed by atoms with Gasteiger partial charge in [0.05, 0.1) is 0 Å². The molecule has 3 heteroatoms. The number of nitrogens with one attached hydrogen (secondary N) is 2. The predicted molar refractivity (Wildman–Crippen MR) is 78.8 cm³/mol. The van der Waals surface area contributed by atoms with E-state index in [1.54, 1.807) is 0 Å². The molecule has 0 radical (unpaired) electrons. The highest BCUT2D eigenvalue weighted by molar-refractivity contribution is 5.73. The molecule has 0 spiro atoms. The quantitative estimate of drug-likeness (QED) is 0.600. The van der Waals surface area contributed by atoms with Gasteiger partial charge in [0.25, 0.3) is 0 Å². The van der Waals surface area contributed by atoms with Crippen molar-refractivity contribution in [2.24, 2.45) is 5.41 Å². The van der Waals surface area contributed by atoms with Gasteiger partial charge in [0, 0.05) is 13.1 Å². The van der Waals surface area contributed by atoms with E-state index in [4.69, 9.17) is 0 Å². The number of unbranched alkanes of at least 4 members (excludes halogenated alkanes) is 4. The standard InChI is InChI=1S/C15H32N2O/c1-5-6-9-12-16-14(18)17-13-10-7-8-11-15(2,3)4/h5-13H2,1-4H3,(H2,16,17,18). The minimum Gasteiger partial charge on any atom is -0.338 e. The molecule has 108 valence electrons. The largest absolute Gasteiger partial charge is 0.338 e. The van der Waals surface area contributed by atoms with Crippen molar-refractivity contribution in [2.75, 3.05) is 13.1 Å². The van der Waals surface area contributed by atoms with Crippen LogP contribution in [0.15, 0.2) is 0 Å². The maximum atomic E-state index is 11.4. The minimum atomic E-state index is -0.0121. The summed E-state index contributed by atoms with van der Waals surface area (Å²) in [5.74, 6) is 0. The third-order valence-electron chi connectivity index (χ3n) is 2.95. The summed E-state index contributed by atoms with van der Waals surface area (Å²) in [5.41, 5.74) is 0.435. The van der Waals surface area contributed by atoms with Crippen LogP contribution in [-0.2, 0) is 0 Å². The first-order valence-electron chi connectivity index (χ1n) is 7.47. The molecular weight excluding hydrogens is 224 g/mol. The first-order valence-corrected chi connectivity index (χ1v) is 7.47. The number of rotatable bonds is 9. The Morgan fingerprint density at radius 3 is 1.94 bits per heavy atom. The number of amides is 2. The van der Waals surface area contributed by atoms with Crippen molar-refractivity contribution in [1.82, 2.24) is 10.6 Å². The van der Waals surface area contributed by atoms with E-state index in [0.29, 0.717) is 5.41 Å². The summed E-state index contributed by atoms with van der Waals surface area (Å²) in [6.07, 6.45) is 8.25. The normalized spacial score (nSPS) is 11.3. The lowest BCUT2D eigenvalue weighted by Crippen LogP contribution is -2.36. The van der Waals surface area contributed by atoms with Crippen molar-refractivity contribution in [3.05, 3.63) is 0 Å². The Morgan fingerprint density at radius 2 is 1.44 bits per heavy atom.